The van der Waals surface area contributed by atoms with Gasteiger partial charge in [0.05, 0.1) is 0 Å². The molecular formula is C18H21F2N. The molecule has 0 aliphatic rings. The van der Waals surface area contributed by atoms with Crippen molar-refractivity contribution in [3.63, 3.8) is 0 Å². The van der Waals surface area contributed by atoms with E-state index in [1.54, 1.807) is 18.2 Å². The summed E-state index contributed by atoms with van der Waals surface area (Å²) in [6.07, 6.45) is 1.55. The number of benzene rings is 2. The van der Waals surface area contributed by atoms with Crippen molar-refractivity contribution in [3.8, 4) is 0 Å². The maximum Gasteiger partial charge on any atom is 0.123 e. The van der Waals surface area contributed by atoms with E-state index in [1.807, 2.05) is 19.1 Å². The predicted octanol–water partition coefficient (Wildman–Crippen LogP) is 4.04. The van der Waals surface area contributed by atoms with Gasteiger partial charge in [0.25, 0.3) is 0 Å². The van der Waals surface area contributed by atoms with Gasteiger partial charge in [0.2, 0.25) is 0 Å². The van der Waals surface area contributed by atoms with E-state index < -0.39 is 0 Å². The number of aryl methyl sites for hydroxylation is 1. The number of hydrogen-bond acceptors (Lipinski definition) is 1. The lowest BCUT2D eigenvalue weighted by Crippen LogP contribution is -2.33. The third-order valence-electron chi connectivity index (χ3n) is 3.63. The number of hydrogen-bond donors (Lipinski definition) is 1. The van der Waals surface area contributed by atoms with Crippen LogP contribution in [0.25, 0.3) is 0 Å². The molecule has 2 aromatic carbocycles. The molecule has 0 amide bonds. The molecule has 2 rings (SSSR count). The minimum Gasteiger partial charge on any atom is -0.314 e. The standard InChI is InChI=1S/C18H21F2N/c1-3-21-18(11-14-5-4-6-16(19)10-14)12-15-7-8-17(20)9-13(15)2/h4-10,18,21H,3,11-12H2,1-2H3. The summed E-state index contributed by atoms with van der Waals surface area (Å²) in [7, 11) is 0. The smallest absolute Gasteiger partial charge is 0.123 e. The summed E-state index contributed by atoms with van der Waals surface area (Å²) in [6, 6.07) is 11.8. The first-order chi connectivity index (χ1) is 10.1. The summed E-state index contributed by atoms with van der Waals surface area (Å²) in [4.78, 5) is 0. The average molecular weight is 289 g/mol. The summed E-state index contributed by atoms with van der Waals surface area (Å²) in [6.45, 7) is 4.82. The van der Waals surface area contributed by atoms with Crippen LogP contribution in [0.1, 0.15) is 23.6 Å². The van der Waals surface area contributed by atoms with Crippen molar-refractivity contribution in [2.75, 3.05) is 6.54 Å². The van der Waals surface area contributed by atoms with E-state index in [4.69, 9.17) is 0 Å². The molecule has 21 heavy (non-hydrogen) atoms. The topological polar surface area (TPSA) is 12.0 Å². The monoisotopic (exact) mass is 289 g/mol. The Morgan fingerprint density at radius 2 is 1.76 bits per heavy atom. The van der Waals surface area contributed by atoms with E-state index >= 15 is 0 Å². The highest BCUT2D eigenvalue weighted by Gasteiger charge is 2.12. The van der Waals surface area contributed by atoms with Crippen molar-refractivity contribution in [2.45, 2.75) is 32.7 Å². The van der Waals surface area contributed by atoms with Crippen molar-refractivity contribution < 1.29 is 8.78 Å². The van der Waals surface area contributed by atoms with Gasteiger partial charge in [-0.1, -0.05) is 25.1 Å². The second-order valence-electron chi connectivity index (χ2n) is 5.36. The lowest BCUT2D eigenvalue weighted by atomic mass is 9.96. The molecule has 1 atom stereocenters. The van der Waals surface area contributed by atoms with Crippen molar-refractivity contribution >= 4 is 0 Å². The number of nitrogens with one attached hydrogen (secondary N) is 1. The fraction of sp³-hybridized carbons (Fsp3) is 0.333. The van der Waals surface area contributed by atoms with Crippen LogP contribution in [0.3, 0.4) is 0 Å². The SMILES string of the molecule is CCNC(Cc1cccc(F)c1)Cc1ccc(F)cc1C. The number of halogens is 2. The first-order valence-corrected chi connectivity index (χ1v) is 7.31. The molecule has 0 aliphatic carbocycles. The molecule has 1 N–H and O–H groups in total. The molecule has 2 aromatic rings. The molecule has 0 heterocycles. The minimum absolute atomic E-state index is 0.207. The first-order valence-electron chi connectivity index (χ1n) is 7.31. The molecule has 0 radical (unpaired) electrons. The van der Waals surface area contributed by atoms with Gasteiger partial charge in [0.1, 0.15) is 11.6 Å². The second-order valence-corrected chi connectivity index (χ2v) is 5.36. The lowest BCUT2D eigenvalue weighted by molar-refractivity contribution is 0.518. The average Bonchev–Trinajstić information content (AvgIpc) is 2.42. The van der Waals surface area contributed by atoms with E-state index in [-0.39, 0.29) is 17.7 Å². The minimum atomic E-state index is -0.208. The van der Waals surface area contributed by atoms with Crippen LogP contribution in [-0.2, 0) is 12.8 Å². The summed E-state index contributed by atoms with van der Waals surface area (Å²) in [5, 5.41) is 3.42. The molecule has 1 nitrogen and oxygen atoms in total. The van der Waals surface area contributed by atoms with Crippen LogP contribution in [-0.4, -0.2) is 12.6 Å². The quantitative estimate of drug-likeness (QED) is 0.846. The Hall–Kier alpha value is -1.74. The molecule has 112 valence electrons. The van der Waals surface area contributed by atoms with E-state index in [0.717, 1.165) is 36.1 Å². The first kappa shape index (κ1) is 15.6. The zero-order valence-electron chi connectivity index (χ0n) is 12.5. The van der Waals surface area contributed by atoms with Gasteiger partial charge < -0.3 is 5.32 Å². The third-order valence-corrected chi connectivity index (χ3v) is 3.63. The summed E-state index contributed by atoms with van der Waals surface area (Å²) in [5.41, 5.74) is 3.05. The normalized spacial score (nSPS) is 12.4. The highest BCUT2D eigenvalue weighted by Crippen LogP contribution is 2.15. The van der Waals surface area contributed by atoms with Gasteiger partial charge in [0.15, 0.2) is 0 Å². The van der Waals surface area contributed by atoms with E-state index in [0.29, 0.717) is 0 Å². The molecule has 0 fully saturated rings. The highest BCUT2D eigenvalue weighted by molar-refractivity contribution is 5.28. The largest absolute Gasteiger partial charge is 0.314 e. The van der Waals surface area contributed by atoms with Crippen LogP contribution >= 0.6 is 0 Å². The molecule has 0 saturated carbocycles. The predicted molar refractivity (Wildman–Crippen MR) is 82.4 cm³/mol. The van der Waals surface area contributed by atoms with E-state index in [1.165, 1.54) is 12.1 Å². The van der Waals surface area contributed by atoms with Gasteiger partial charge in [-0.2, -0.15) is 0 Å². The van der Waals surface area contributed by atoms with Crippen LogP contribution in [0.4, 0.5) is 8.78 Å². The Balaban J connectivity index is 2.11. The summed E-state index contributed by atoms with van der Waals surface area (Å²) < 4.78 is 26.4. The van der Waals surface area contributed by atoms with Gasteiger partial charge in [-0.3, -0.25) is 0 Å². The van der Waals surface area contributed by atoms with Crippen molar-refractivity contribution in [1.29, 1.82) is 0 Å². The molecule has 1 unspecified atom stereocenters. The Kier molecular flexibility index (Phi) is 5.45. The fourth-order valence-corrected chi connectivity index (χ4v) is 2.61. The van der Waals surface area contributed by atoms with Crippen LogP contribution in [0.5, 0.6) is 0 Å². The molecule has 0 bridgehead atoms. The maximum absolute atomic E-state index is 13.3. The summed E-state index contributed by atoms with van der Waals surface area (Å²) in [5.74, 6) is -0.415. The van der Waals surface area contributed by atoms with Crippen LogP contribution in [0, 0.1) is 18.6 Å². The van der Waals surface area contributed by atoms with Gasteiger partial charge in [-0.05, 0) is 67.3 Å². The van der Waals surface area contributed by atoms with Crippen molar-refractivity contribution in [3.05, 3.63) is 70.8 Å². The van der Waals surface area contributed by atoms with Crippen LogP contribution < -0.4 is 5.32 Å². The van der Waals surface area contributed by atoms with Gasteiger partial charge in [-0.25, -0.2) is 8.78 Å². The summed E-state index contributed by atoms with van der Waals surface area (Å²) >= 11 is 0. The Labute approximate surface area is 125 Å². The zero-order chi connectivity index (χ0) is 15.2. The van der Waals surface area contributed by atoms with Crippen molar-refractivity contribution in [2.24, 2.45) is 0 Å². The number of rotatable bonds is 6. The Morgan fingerprint density at radius 1 is 1.00 bits per heavy atom. The fourth-order valence-electron chi connectivity index (χ4n) is 2.61. The zero-order valence-corrected chi connectivity index (χ0v) is 12.5. The molecule has 3 heteroatoms. The van der Waals surface area contributed by atoms with Gasteiger partial charge in [0, 0.05) is 6.04 Å². The van der Waals surface area contributed by atoms with Crippen molar-refractivity contribution in [1.82, 2.24) is 5.32 Å². The Morgan fingerprint density at radius 3 is 2.43 bits per heavy atom. The molecular weight excluding hydrogens is 268 g/mol. The molecule has 0 saturated heterocycles. The Bertz CT molecular complexity index is 596. The van der Waals surface area contributed by atoms with Crippen LogP contribution in [0.2, 0.25) is 0 Å². The lowest BCUT2D eigenvalue weighted by Gasteiger charge is -2.19. The van der Waals surface area contributed by atoms with Crippen LogP contribution in [0.15, 0.2) is 42.5 Å². The third kappa shape index (κ3) is 4.64. The van der Waals surface area contributed by atoms with Gasteiger partial charge in [-0.15, -0.1) is 0 Å². The van der Waals surface area contributed by atoms with Gasteiger partial charge >= 0.3 is 0 Å². The second kappa shape index (κ2) is 7.32. The van der Waals surface area contributed by atoms with E-state index in [9.17, 15) is 8.78 Å². The maximum atomic E-state index is 13.3. The van der Waals surface area contributed by atoms with E-state index in [2.05, 4.69) is 12.2 Å². The molecule has 0 aliphatic heterocycles. The molecule has 0 spiro atoms. The molecule has 0 aromatic heterocycles. The number of likely N-dealkylation sites (N-methyl/N-ethyl adjacent to an activating group) is 1. The highest BCUT2D eigenvalue weighted by atomic mass is 19.1.